The van der Waals surface area contributed by atoms with Gasteiger partial charge in [0.2, 0.25) is 0 Å². The summed E-state index contributed by atoms with van der Waals surface area (Å²) in [7, 11) is -3.81. The van der Waals surface area contributed by atoms with Crippen molar-refractivity contribution < 1.29 is 23.1 Å². The fourth-order valence-electron chi connectivity index (χ4n) is 3.20. The molecular weight excluding hydrogens is 398 g/mol. The molecule has 1 N–H and O–H groups in total. The first kappa shape index (κ1) is 20.4. The van der Waals surface area contributed by atoms with E-state index in [1.807, 2.05) is 20.8 Å². The Labute approximate surface area is 168 Å². The second-order valence-electron chi connectivity index (χ2n) is 6.97. The predicted octanol–water partition coefficient (Wildman–Crippen LogP) is 4.36. The molecule has 150 valence electrons. The van der Waals surface area contributed by atoms with Gasteiger partial charge in [0, 0.05) is 33.8 Å². The topological polar surface area (TPSA) is 85.6 Å². The fourth-order valence-corrected chi connectivity index (χ4v) is 6.11. The molecule has 0 aliphatic heterocycles. The monoisotopic (exact) mass is 421 g/mol. The summed E-state index contributed by atoms with van der Waals surface area (Å²) in [6.45, 7) is 7.46. The number of aryl methyl sites for hydroxylation is 3. The molecule has 0 saturated heterocycles. The van der Waals surface area contributed by atoms with Crippen LogP contribution in [0.2, 0.25) is 0 Å². The zero-order valence-electron chi connectivity index (χ0n) is 16.2. The number of aliphatic carboxylic acids is 1. The molecule has 0 unspecified atom stereocenters. The maximum Gasteiger partial charge on any atom is 0.303 e. The van der Waals surface area contributed by atoms with Gasteiger partial charge in [-0.25, -0.2) is 12.4 Å². The first-order valence-electron chi connectivity index (χ1n) is 8.94. The van der Waals surface area contributed by atoms with E-state index < -0.39 is 16.0 Å². The van der Waals surface area contributed by atoms with E-state index in [0.717, 1.165) is 9.75 Å². The molecule has 8 heteroatoms. The summed E-state index contributed by atoms with van der Waals surface area (Å²) in [6.07, 6.45) is 1.67. The van der Waals surface area contributed by atoms with Crippen molar-refractivity contribution in [1.29, 1.82) is 0 Å². The molecule has 0 saturated carbocycles. The highest BCUT2D eigenvalue weighted by Gasteiger charge is 2.25. The highest BCUT2D eigenvalue weighted by atomic mass is 32.2. The molecule has 2 heterocycles. The SMILES string of the molecule is Cc1cc(S(=O)(=O)n2cc(CCC(=O)O)c3ccc(OC(C)C)cc32)c(C)s1. The third-order valence-electron chi connectivity index (χ3n) is 4.34. The van der Waals surface area contributed by atoms with Crippen LogP contribution in [-0.2, 0) is 21.2 Å². The van der Waals surface area contributed by atoms with Gasteiger partial charge in [0.25, 0.3) is 10.0 Å². The molecule has 1 aromatic carbocycles. The number of hydrogen-bond donors (Lipinski definition) is 1. The molecule has 28 heavy (non-hydrogen) atoms. The Morgan fingerprint density at radius 1 is 1.25 bits per heavy atom. The molecule has 2 aromatic heterocycles. The molecule has 0 radical (unpaired) electrons. The van der Waals surface area contributed by atoms with Gasteiger partial charge in [0.15, 0.2) is 0 Å². The summed E-state index contributed by atoms with van der Waals surface area (Å²) >= 11 is 1.43. The number of fused-ring (bicyclic) bond motifs is 1. The van der Waals surface area contributed by atoms with Gasteiger partial charge in [0.05, 0.1) is 11.6 Å². The fraction of sp³-hybridized carbons (Fsp3) is 0.350. The number of carboxylic acid groups (broad SMARTS) is 1. The number of carbonyl (C=O) groups is 1. The first-order chi connectivity index (χ1) is 13.1. The molecule has 0 bridgehead atoms. The average molecular weight is 422 g/mol. The van der Waals surface area contributed by atoms with Crippen molar-refractivity contribution in [3.63, 3.8) is 0 Å². The lowest BCUT2D eigenvalue weighted by atomic mass is 10.1. The summed E-state index contributed by atoms with van der Waals surface area (Å²) in [5.41, 5.74) is 1.17. The largest absolute Gasteiger partial charge is 0.491 e. The number of ether oxygens (including phenoxy) is 1. The summed E-state index contributed by atoms with van der Waals surface area (Å²) in [4.78, 5) is 12.9. The van der Waals surface area contributed by atoms with Crippen LogP contribution in [0.1, 0.15) is 35.6 Å². The zero-order valence-corrected chi connectivity index (χ0v) is 17.9. The van der Waals surface area contributed by atoms with Crippen molar-refractivity contribution in [3.8, 4) is 5.75 Å². The van der Waals surface area contributed by atoms with Crippen molar-refractivity contribution in [2.24, 2.45) is 0 Å². The van der Waals surface area contributed by atoms with E-state index in [4.69, 9.17) is 9.84 Å². The predicted molar refractivity (Wildman–Crippen MR) is 110 cm³/mol. The van der Waals surface area contributed by atoms with Gasteiger partial charge in [-0.15, -0.1) is 11.3 Å². The number of hydrogen-bond acceptors (Lipinski definition) is 5. The van der Waals surface area contributed by atoms with Gasteiger partial charge in [-0.05, 0) is 57.9 Å². The molecule has 0 aliphatic carbocycles. The van der Waals surface area contributed by atoms with Crippen LogP contribution in [0.5, 0.6) is 5.75 Å². The average Bonchev–Trinajstić information content (AvgIpc) is 3.12. The Bertz CT molecular complexity index is 1140. The lowest BCUT2D eigenvalue weighted by molar-refractivity contribution is -0.136. The van der Waals surface area contributed by atoms with Crippen LogP contribution in [-0.4, -0.2) is 29.6 Å². The lowest BCUT2D eigenvalue weighted by Crippen LogP contribution is -2.12. The Balaban J connectivity index is 2.21. The zero-order chi connectivity index (χ0) is 20.6. The quantitative estimate of drug-likeness (QED) is 0.613. The Morgan fingerprint density at radius 2 is 1.96 bits per heavy atom. The van der Waals surface area contributed by atoms with E-state index in [0.29, 0.717) is 22.2 Å². The molecule has 0 aliphatic rings. The highest BCUT2D eigenvalue weighted by Crippen LogP contribution is 2.33. The van der Waals surface area contributed by atoms with Crippen molar-refractivity contribution >= 4 is 38.2 Å². The second kappa shape index (κ2) is 7.60. The number of rotatable bonds is 7. The third-order valence-corrected chi connectivity index (χ3v) is 7.23. The minimum atomic E-state index is -3.81. The molecule has 6 nitrogen and oxygen atoms in total. The van der Waals surface area contributed by atoms with Crippen molar-refractivity contribution in [2.75, 3.05) is 0 Å². The second-order valence-corrected chi connectivity index (χ2v) is 10.2. The molecule has 0 amide bonds. The van der Waals surface area contributed by atoms with Crippen LogP contribution in [0, 0.1) is 13.8 Å². The van der Waals surface area contributed by atoms with E-state index in [2.05, 4.69) is 0 Å². The van der Waals surface area contributed by atoms with E-state index in [1.165, 1.54) is 21.5 Å². The van der Waals surface area contributed by atoms with Gasteiger partial charge in [-0.1, -0.05) is 0 Å². The summed E-state index contributed by atoms with van der Waals surface area (Å²) in [5.74, 6) is -0.354. The number of carboxylic acids is 1. The van der Waals surface area contributed by atoms with Gasteiger partial charge in [-0.2, -0.15) is 0 Å². The molecular formula is C20H23NO5S2. The minimum absolute atomic E-state index is 0.0503. The van der Waals surface area contributed by atoms with Crippen LogP contribution >= 0.6 is 11.3 Å². The van der Waals surface area contributed by atoms with E-state index in [-0.39, 0.29) is 23.8 Å². The van der Waals surface area contributed by atoms with Crippen LogP contribution < -0.4 is 4.74 Å². The van der Waals surface area contributed by atoms with E-state index >= 15 is 0 Å². The van der Waals surface area contributed by atoms with E-state index in [9.17, 15) is 13.2 Å². The van der Waals surface area contributed by atoms with Gasteiger partial charge in [-0.3, -0.25) is 4.79 Å². The van der Waals surface area contributed by atoms with Crippen molar-refractivity contribution in [2.45, 2.75) is 51.5 Å². The van der Waals surface area contributed by atoms with Gasteiger partial charge >= 0.3 is 5.97 Å². The van der Waals surface area contributed by atoms with Crippen LogP contribution in [0.15, 0.2) is 35.4 Å². The standard InChI is InChI=1S/C20H23NO5S2/c1-12(2)26-16-6-7-17-15(5-8-20(22)23)11-21(18(17)10-16)28(24,25)19-9-13(3)27-14(19)4/h6-7,9-12H,5,8H2,1-4H3,(H,22,23). The van der Waals surface area contributed by atoms with Crippen LogP contribution in [0.4, 0.5) is 0 Å². The Hall–Kier alpha value is -2.32. The van der Waals surface area contributed by atoms with Crippen LogP contribution in [0.3, 0.4) is 0 Å². The molecule has 0 fully saturated rings. The third kappa shape index (κ3) is 3.93. The number of thiophene rings is 1. The first-order valence-corrected chi connectivity index (χ1v) is 11.2. The minimum Gasteiger partial charge on any atom is -0.491 e. The van der Waals surface area contributed by atoms with Gasteiger partial charge in [0.1, 0.15) is 10.6 Å². The van der Waals surface area contributed by atoms with Crippen LogP contribution in [0.25, 0.3) is 10.9 Å². The summed E-state index contributed by atoms with van der Waals surface area (Å²) < 4.78 is 33.7. The Kier molecular flexibility index (Phi) is 5.54. The molecule has 3 aromatic rings. The highest BCUT2D eigenvalue weighted by molar-refractivity contribution is 7.90. The summed E-state index contributed by atoms with van der Waals surface area (Å²) in [5, 5.41) is 9.74. The number of nitrogens with zero attached hydrogens (tertiary/aromatic N) is 1. The molecule has 3 rings (SSSR count). The number of benzene rings is 1. The lowest BCUT2D eigenvalue weighted by Gasteiger charge is -2.11. The maximum atomic E-state index is 13.4. The number of aromatic nitrogens is 1. The Morgan fingerprint density at radius 3 is 2.54 bits per heavy atom. The van der Waals surface area contributed by atoms with Gasteiger partial charge < -0.3 is 9.84 Å². The normalized spacial score (nSPS) is 12.0. The molecule has 0 atom stereocenters. The van der Waals surface area contributed by atoms with Crippen molar-refractivity contribution in [1.82, 2.24) is 3.97 Å². The molecule has 0 spiro atoms. The maximum absolute atomic E-state index is 13.4. The van der Waals surface area contributed by atoms with E-state index in [1.54, 1.807) is 31.2 Å². The van der Waals surface area contributed by atoms with Crippen molar-refractivity contribution in [3.05, 3.63) is 45.8 Å². The smallest absolute Gasteiger partial charge is 0.303 e. The summed E-state index contributed by atoms with van der Waals surface area (Å²) in [6, 6.07) is 6.95.